The zero-order chi connectivity index (χ0) is 18.0. The van der Waals surface area contributed by atoms with Gasteiger partial charge in [0.25, 0.3) is 0 Å². The fraction of sp³-hybridized carbons (Fsp3) is 0.474. The number of aromatic nitrogens is 2. The Balaban J connectivity index is 1.68. The quantitative estimate of drug-likeness (QED) is 0.578. The Morgan fingerprint density at radius 2 is 2.08 bits per heavy atom. The van der Waals surface area contributed by atoms with Crippen molar-refractivity contribution in [1.82, 2.24) is 14.7 Å². The number of thioether (sulfide) groups is 1. The van der Waals surface area contributed by atoms with Crippen LogP contribution in [0.25, 0.3) is 0 Å². The van der Waals surface area contributed by atoms with Gasteiger partial charge < -0.3 is 0 Å². The molecule has 0 N–H and O–H groups in total. The van der Waals surface area contributed by atoms with Gasteiger partial charge in [0.2, 0.25) is 0 Å². The molecule has 134 valence electrons. The number of nitrogens with zero attached hydrogens (tertiary/aromatic N) is 3. The highest BCUT2D eigenvalue weighted by atomic mass is 35.5. The number of hydrogen-bond acceptors (Lipinski definition) is 4. The first-order valence-electron chi connectivity index (χ1n) is 8.58. The second-order valence-electron chi connectivity index (χ2n) is 6.65. The van der Waals surface area contributed by atoms with Gasteiger partial charge in [-0.05, 0) is 44.7 Å². The maximum absolute atomic E-state index is 12.9. The Morgan fingerprint density at radius 1 is 1.36 bits per heavy atom. The Hall–Kier alpha value is -1.30. The predicted molar refractivity (Wildman–Crippen MR) is 104 cm³/mol. The van der Waals surface area contributed by atoms with E-state index in [-0.39, 0.29) is 11.7 Å². The number of aryl methyl sites for hydroxylation is 2. The summed E-state index contributed by atoms with van der Waals surface area (Å²) in [7, 11) is 1.86. The smallest absolute Gasteiger partial charge is 0.167 e. The van der Waals surface area contributed by atoms with Crippen molar-refractivity contribution >= 4 is 29.1 Å². The fourth-order valence-electron chi connectivity index (χ4n) is 3.48. The van der Waals surface area contributed by atoms with E-state index in [1.54, 1.807) is 16.4 Å². The fourth-order valence-corrected chi connectivity index (χ4v) is 4.12. The second kappa shape index (κ2) is 7.94. The first kappa shape index (κ1) is 18.5. The van der Waals surface area contributed by atoms with Crippen LogP contribution in [0, 0.1) is 12.8 Å². The number of ketones is 1. The van der Waals surface area contributed by atoms with Crippen LogP contribution in [0.3, 0.4) is 0 Å². The summed E-state index contributed by atoms with van der Waals surface area (Å²) in [4.78, 5) is 16.4. The van der Waals surface area contributed by atoms with E-state index in [1.165, 1.54) is 4.90 Å². The summed E-state index contributed by atoms with van der Waals surface area (Å²) in [5.41, 5.74) is 2.86. The van der Waals surface area contributed by atoms with Crippen LogP contribution in [0.4, 0.5) is 0 Å². The number of benzene rings is 1. The highest BCUT2D eigenvalue weighted by Gasteiger charge is 2.27. The number of likely N-dealkylation sites (tertiary alicyclic amines) is 1. The van der Waals surface area contributed by atoms with Crippen LogP contribution in [0.15, 0.2) is 29.2 Å². The maximum atomic E-state index is 12.9. The molecular weight excluding hydrogens is 354 g/mol. The van der Waals surface area contributed by atoms with Gasteiger partial charge in [0.15, 0.2) is 5.78 Å². The average Bonchev–Trinajstić information content (AvgIpc) is 2.87. The summed E-state index contributed by atoms with van der Waals surface area (Å²) in [6.45, 7) is 4.53. The molecule has 0 saturated carbocycles. The molecule has 0 aliphatic carbocycles. The van der Waals surface area contributed by atoms with E-state index in [2.05, 4.69) is 10.00 Å². The van der Waals surface area contributed by atoms with E-state index in [0.717, 1.165) is 49.3 Å². The third-order valence-corrected chi connectivity index (χ3v) is 6.12. The highest BCUT2D eigenvalue weighted by molar-refractivity contribution is 7.98. The average molecular weight is 378 g/mol. The van der Waals surface area contributed by atoms with Gasteiger partial charge in [0.1, 0.15) is 5.15 Å². The first-order valence-corrected chi connectivity index (χ1v) is 10.2. The van der Waals surface area contributed by atoms with Crippen molar-refractivity contribution in [3.8, 4) is 0 Å². The number of hydrogen-bond donors (Lipinski definition) is 0. The Kier molecular flexibility index (Phi) is 5.87. The molecular formula is C19H24ClN3OS. The lowest BCUT2D eigenvalue weighted by Crippen LogP contribution is -2.38. The van der Waals surface area contributed by atoms with Crippen LogP contribution in [-0.2, 0) is 13.6 Å². The minimum Gasteiger partial charge on any atom is -0.298 e. The summed E-state index contributed by atoms with van der Waals surface area (Å²) >= 11 is 8.05. The largest absolute Gasteiger partial charge is 0.298 e. The topological polar surface area (TPSA) is 38.1 Å². The number of Topliss-reactive ketones (excluding diaryl/α,β-unsaturated/α-hetero) is 1. The van der Waals surface area contributed by atoms with E-state index in [1.807, 2.05) is 44.5 Å². The highest BCUT2D eigenvalue weighted by Crippen LogP contribution is 2.26. The van der Waals surface area contributed by atoms with Gasteiger partial charge in [-0.2, -0.15) is 5.10 Å². The van der Waals surface area contributed by atoms with Crippen LogP contribution in [0.5, 0.6) is 0 Å². The number of halogens is 1. The van der Waals surface area contributed by atoms with E-state index in [4.69, 9.17) is 11.6 Å². The molecule has 1 fully saturated rings. The van der Waals surface area contributed by atoms with Crippen molar-refractivity contribution in [3.05, 3.63) is 46.2 Å². The summed E-state index contributed by atoms with van der Waals surface area (Å²) in [5.74, 6) is 0.316. The van der Waals surface area contributed by atoms with Crippen LogP contribution in [-0.4, -0.2) is 39.8 Å². The minimum atomic E-state index is 0.0598. The predicted octanol–water partition coefficient (Wildman–Crippen LogP) is 4.20. The lowest BCUT2D eigenvalue weighted by molar-refractivity contribution is 0.0811. The standard InChI is InChI=1S/C19H24ClN3OS/c1-13-17(19(20)22(2)21-13)12-23-10-4-5-15(11-23)18(24)14-6-8-16(25-3)9-7-14/h6-9,15H,4-5,10-12H2,1-3H3/t15-/m1/s1. The van der Waals surface area contributed by atoms with Gasteiger partial charge >= 0.3 is 0 Å². The van der Waals surface area contributed by atoms with Gasteiger partial charge in [0, 0.05) is 42.1 Å². The first-order chi connectivity index (χ1) is 12.0. The molecule has 1 atom stereocenters. The van der Waals surface area contributed by atoms with Gasteiger partial charge in [-0.1, -0.05) is 23.7 Å². The Morgan fingerprint density at radius 3 is 2.68 bits per heavy atom. The van der Waals surface area contributed by atoms with Gasteiger partial charge in [-0.3, -0.25) is 14.4 Å². The minimum absolute atomic E-state index is 0.0598. The van der Waals surface area contributed by atoms with Crippen LogP contribution >= 0.6 is 23.4 Å². The molecule has 1 aliphatic rings. The molecule has 3 rings (SSSR count). The Labute approximate surface area is 158 Å². The van der Waals surface area contributed by atoms with Gasteiger partial charge in [0.05, 0.1) is 5.69 Å². The lowest BCUT2D eigenvalue weighted by atomic mass is 9.90. The summed E-state index contributed by atoms with van der Waals surface area (Å²) in [6, 6.07) is 7.96. The maximum Gasteiger partial charge on any atom is 0.167 e. The number of piperidine rings is 1. The Bertz CT molecular complexity index is 757. The lowest BCUT2D eigenvalue weighted by Gasteiger charge is -2.32. The number of rotatable bonds is 5. The molecule has 2 heterocycles. The van der Waals surface area contributed by atoms with E-state index in [9.17, 15) is 4.79 Å². The molecule has 0 bridgehead atoms. The normalized spacial score (nSPS) is 18.5. The summed E-state index contributed by atoms with van der Waals surface area (Å²) < 4.78 is 1.71. The summed E-state index contributed by atoms with van der Waals surface area (Å²) in [6.07, 6.45) is 4.04. The van der Waals surface area contributed by atoms with Crippen molar-refractivity contribution in [1.29, 1.82) is 0 Å². The molecule has 0 radical (unpaired) electrons. The van der Waals surface area contributed by atoms with Crippen molar-refractivity contribution < 1.29 is 4.79 Å². The molecule has 6 heteroatoms. The summed E-state index contributed by atoms with van der Waals surface area (Å²) in [5, 5.41) is 5.08. The van der Waals surface area contributed by atoms with E-state index in [0.29, 0.717) is 5.15 Å². The second-order valence-corrected chi connectivity index (χ2v) is 7.88. The van der Waals surface area contributed by atoms with Gasteiger partial charge in [-0.25, -0.2) is 0 Å². The van der Waals surface area contributed by atoms with Crippen molar-refractivity contribution in [3.63, 3.8) is 0 Å². The third-order valence-electron chi connectivity index (χ3n) is 4.90. The SMILES string of the molecule is CSc1ccc(C(=O)[C@@H]2CCCN(Cc3c(C)nn(C)c3Cl)C2)cc1. The molecule has 1 aromatic heterocycles. The van der Waals surface area contributed by atoms with Crippen LogP contribution in [0.2, 0.25) is 5.15 Å². The zero-order valence-corrected chi connectivity index (χ0v) is 16.5. The van der Waals surface area contributed by atoms with Crippen molar-refractivity contribution in [2.24, 2.45) is 13.0 Å². The third kappa shape index (κ3) is 4.10. The van der Waals surface area contributed by atoms with Crippen LogP contribution < -0.4 is 0 Å². The molecule has 4 nitrogen and oxygen atoms in total. The van der Waals surface area contributed by atoms with Crippen LogP contribution in [0.1, 0.15) is 34.5 Å². The molecule has 2 aromatic rings. The molecule has 1 aliphatic heterocycles. The monoisotopic (exact) mass is 377 g/mol. The number of carbonyl (C=O) groups excluding carboxylic acids is 1. The molecule has 0 unspecified atom stereocenters. The van der Waals surface area contributed by atoms with Crippen molar-refractivity contribution in [2.45, 2.75) is 31.2 Å². The van der Waals surface area contributed by atoms with E-state index >= 15 is 0 Å². The van der Waals surface area contributed by atoms with Gasteiger partial charge in [-0.15, -0.1) is 11.8 Å². The number of carbonyl (C=O) groups is 1. The molecule has 25 heavy (non-hydrogen) atoms. The molecule has 1 saturated heterocycles. The zero-order valence-electron chi connectivity index (χ0n) is 15.0. The molecule has 0 amide bonds. The van der Waals surface area contributed by atoms with E-state index < -0.39 is 0 Å². The molecule has 1 aromatic carbocycles. The molecule has 0 spiro atoms. The van der Waals surface area contributed by atoms with Crippen molar-refractivity contribution in [2.75, 3.05) is 19.3 Å².